The van der Waals surface area contributed by atoms with Crippen molar-refractivity contribution in [2.45, 2.75) is 17.4 Å². The largest absolute Gasteiger partial charge is 0.497 e. The molecule has 5 nitrogen and oxygen atoms in total. The van der Waals surface area contributed by atoms with E-state index >= 15 is 0 Å². The number of ether oxygens (including phenoxy) is 1. The lowest BCUT2D eigenvalue weighted by molar-refractivity contribution is -0.117. The highest BCUT2D eigenvalue weighted by molar-refractivity contribution is 7.85. The molecule has 0 heterocycles. The zero-order valence-corrected chi connectivity index (χ0v) is 13.7. The number of carbonyl (C=O) groups excluding carboxylic acids is 1. The van der Waals surface area contributed by atoms with Crippen molar-refractivity contribution >= 4 is 22.4 Å². The summed E-state index contributed by atoms with van der Waals surface area (Å²) in [5, 5.41) is 2.74. The van der Waals surface area contributed by atoms with Gasteiger partial charge in [0.25, 0.3) is 0 Å². The molecule has 2 unspecified atom stereocenters. The third-order valence-electron chi connectivity index (χ3n) is 3.30. The molecule has 0 aliphatic heterocycles. The van der Waals surface area contributed by atoms with Crippen LogP contribution in [0.4, 0.5) is 5.69 Å². The van der Waals surface area contributed by atoms with Gasteiger partial charge in [0.1, 0.15) is 5.75 Å². The predicted octanol–water partition coefficient (Wildman–Crippen LogP) is 2.16. The van der Waals surface area contributed by atoms with Crippen LogP contribution in [-0.4, -0.2) is 29.0 Å². The van der Waals surface area contributed by atoms with Crippen molar-refractivity contribution in [2.75, 3.05) is 18.2 Å². The molecule has 23 heavy (non-hydrogen) atoms. The fraction of sp³-hybridized carbons (Fsp3) is 0.235. The molecule has 0 bridgehead atoms. The SMILES string of the molecule is COc1cccc(S(=O)CCC(N)C(=O)Nc2ccccc2)c1. The van der Waals surface area contributed by atoms with Crippen LogP contribution in [-0.2, 0) is 15.6 Å². The minimum atomic E-state index is -1.22. The van der Waals surface area contributed by atoms with E-state index in [9.17, 15) is 9.00 Å². The number of methoxy groups -OCH3 is 1. The second-order valence-corrected chi connectivity index (χ2v) is 6.55. The van der Waals surface area contributed by atoms with Gasteiger partial charge in [-0.15, -0.1) is 0 Å². The molecule has 0 saturated carbocycles. The lowest BCUT2D eigenvalue weighted by Crippen LogP contribution is -2.36. The van der Waals surface area contributed by atoms with E-state index in [4.69, 9.17) is 10.5 Å². The van der Waals surface area contributed by atoms with Crippen LogP contribution in [0.3, 0.4) is 0 Å². The van der Waals surface area contributed by atoms with E-state index in [0.717, 1.165) is 0 Å². The summed E-state index contributed by atoms with van der Waals surface area (Å²) in [6.45, 7) is 0. The molecule has 2 aromatic rings. The number of anilines is 1. The normalized spacial score (nSPS) is 13.1. The molecule has 1 amide bonds. The molecular formula is C17H20N2O3S. The maximum Gasteiger partial charge on any atom is 0.241 e. The van der Waals surface area contributed by atoms with Crippen molar-refractivity contribution in [3.05, 3.63) is 54.6 Å². The highest BCUT2D eigenvalue weighted by Gasteiger charge is 2.15. The Morgan fingerprint density at radius 1 is 1.22 bits per heavy atom. The van der Waals surface area contributed by atoms with Gasteiger partial charge in [-0.1, -0.05) is 24.3 Å². The molecule has 2 aromatic carbocycles. The van der Waals surface area contributed by atoms with Crippen molar-refractivity contribution in [3.8, 4) is 5.75 Å². The molecule has 0 radical (unpaired) electrons. The minimum absolute atomic E-state index is 0.279. The Balaban J connectivity index is 1.86. The Morgan fingerprint density at radius 3 is 2.65 bits per heavy atom. The summed E-state index contributed by atoms with van der Waals surface area (Å²) >= 11 is 0. The fourth-order valence-electron chi connectivity index (χ4n) is 1.98. The molecule has 0 fully saturated rings. The summed E-state index contributed by atoms with van der Waals surface area (Å²) in [7, 11) is 0.342. The van der Waals surface area contributed by atoms with Gasteiger partial charge in [-0.2, -0.15) is 0 Å². The average molecular weight is 332 g/mol. The summed E-state index contributed by atoms with van der Waals surface area (Å²) in [6, 6.07) is 15.5. The maximum atomic E-state index is 12.3. The smallest absolute Gasteiger partial charge is 0.241 e. The number of hydrogen-bond donors (Lipinski definition) is 2. The summed E-state index contributed by atoms with van der Waals surface area (Å²) < 4.78 is 17.4. The van der Waals surface area contributed by atoms with Gasteiger partial charge in [0, 0.05) is 16.3 Å². The van der Waals surface area contributed by atoms with Crippen LogP contribution in [0, 0.1) is 0 Å². The van der Waals surface area contributed by atoms with E-state index < -0.39 is 16.8 Å². The molecule has 2 rings (SSSR count). The Labute approximate surface area is 138 Å². The minimum Gasteiger partial charge on any atom is -0.497 e. The van der Waals surface area contributed by atoms with Crippen molar-refractivity contribution in [1.82, 2.24) is 0 Å². The third-order valence-corrected chi connectivity index (χ3v) is 4.68. The summed E-state index contributed by atoms with van der Waals surface area (Å²) in [6.07, 6.45) is 0.336. The van der Waals surface area contributed by atoms with Gasteiger partial charge in [-0.25, -0.2) is 0 Å². The van der Waals surface area contributed by atoms with Crippen LogP contribution in [0.2, 0.25) is 0 Å². The number of amides is 1. The van der Waals surface area contributed by atoms with E-state index in [1.54, 1.807) is 43.5 Å². The lowest BCUT2D eigenvalue weighted by atomic mass is 10.2. The van der Waals surface area contributed by atoms with Gasteiger partial charge in [0.05, 0.1) is 24.0 Å². The third kappa shape index (κ3) is 5.19. The predicted molar refractivity (Wildman–Crippen MR) is 91.9 cm³/mol. The fourth-order valence-corrected chi connectivity index (χ4v) is 3.16. The molecule has 0 aliphatic carbocycles. The van der Waals surface area contributed by atoms with E-state index in [-0.39, 0.29) is 5.91 Å². The Morgan fingerprint density at radius 2 is 1.96 bits per heavy atom. The summed E-state index contributed by atoms with van der Waals surface area (Å²) in [5.41, 5.74) is 6.57. The number of para-hydroxylation sites is 1. The number of hydrogen-bond acceptors (Lipinski definition) is 4. The lowest BCUT2D eigenvalue weighted by Gasteiger charge is -2.12. The van der Waals surface area contributed by atoms with E-state index in [2.05, 4.69) is 5.32 Å². The molecule has 0 spiro atoms. The molecular weight excluding hydrogens is 312 g/mol. The molecule has 122 valence electrons. The van der Waals surface area contributed by atoms with Crippen LogP contribution in [0.5, 0.6) is 5.75 Å². The van der Waals surface area contributed by atoms with Gasteiger partial charge in [-0.3, -0.25) is 9.00 Å². The van der Waals surface area contributed by atoms with Gasteiger partial charge in [0.2, 0.25) is 5.91 Å². The van der Waals surface area contributed by atoms with Crippen molar-refractivity contribution in [1.29, 1.82) is 0 Å². The second kappa shape index (κ2) is 8.45. The first-order valence-corrected chi connectivity index (χ1v) is 8.56. The Kier molecular flexibility index (Phi) is 6.31. The van der Waals surface area contributed by atoms with Gasteiger partial charge in [0.15, 0.2) is 0 Å². The number of nitrogens with two attached hydrogens (primary N) is 1. The van der Waals surface area contributed by atoms with Crippen LogP contribution in [0.1, 0.15) is 6.42 Å². The maximum absolute atomic E-state index is 12.3. The zero-order valence-electron chi connectivity index (χ0n) is 12.9. The molecule has 0 aromatic heterocycles. The summed E-state index contributed by atoms with van der Waals surface area (Å²) in [5.74, 6) is 0.692. The quantitative estimate of drug-likeness (QED) is 0.814. The molecule has 0 saturated heterocycles. The van der Waals surface area contributed by atoms with E-state index in [1.165, 1.54) is 0 Å². The highest BCUT2D eigenvalue weighted by atomic mass is 32.2. The van der Waals surface area contributed by atoms with Crippen LogP contribution in [0.15, 0.2) is 59.5 Å². The van der Waals surface area contributed by atoms with E-state index in [1.807, 2.05) is 18.2 Å². The Hall–Kier alpha value is -2.18. The second-order valence-electron chi connectivity index (χ2n) is 4.98. The number of nitrogens with one attached hydrogen (secondary N) is 1. The standard InChI is InChI=1S/C17H20N2O3S/c1-22-14-8-5-9-15(12-14)23(21)11-10-16(18)17(20)19-13-6-3-2-4-7-13/h2-9,12,16H,10-11,18H2,1H3,(H,19,20). The average Bonchev–Trinajstić information content (AvgIpc) is 2.60. The zero-order chi connectivity index (χ0) is 16.7. The van der Waals surface area contributed by atoms with Crippen LogP contribution >= 0.6 is 0 Å². The molecule has 6 heteroatoms. The number of rotatable bonds is 7. The first-order valence-electron chi connectivity index (χ1n) is 7.24. The monoisotopic (exact) mass is 332 g/mol. The first kappa shape index (κ1) is 17.2. The molecule has 0 aliphatic rings. The molecule has 2 atom stereocenters. The Bertz CT molecular complexity index is 677. The first-order chi connectivity index (χ1) is 11.1. The summed E-state index contributed by atoms with van der Waals surface area (Å²) in [4.78, 5) is 12.7. The van der Waals surface area contributed by atoms with Gasteiger partial charge >= 0.3 is 0 Å². The number of benzene rings is 2. The van der Waals surface area contributed by atoms with Gasteiger partial charge in [-0.05, 0) is 36.8 Å². The van der Waals surface area contributed by atoms with Crippen LogP contribution in [0.25, 0.3) is 0 Å². The number of carbonyl (C=O) groups is 1. The molecule has 3 N–H and O–H groups in total. The van der Waals surface area contributed by atoms with Crippen LogP contribution < -0.4 is 15.8 Å². The van der Waals surface area contributed by atoms with Crippen molar-refractivity contribution in [2.24, 2.45) is 5.73 Å². The van der Waals surface area contributed by atoms with Crippen molar-refractivity contribution in [3.63, 3.8) is 0 Å². The topological polar surface area (TPSA) is 81.4 Å². The highest BCUT2D eigenvalue weighted by Crippen LogP contribution is 2.16. The van der Waals surface area contributed by atoms with Crippen molar-refractivity contribution < 1.29 is 13.7 Å². The van der Waals surface area contributed by atoms with E-state index in [0.29, 0.717) is 28.5 Å². The van der Waals surface area contributed by atoms with Gasteiger partial charge < -0.3 is 15.8 Å².